The number of carbonyl (C=O) groups excluding carboxylic acids is 2. The first-order chi connectivity index (χ1) is 13.6. The molecule has 0 atom stereocenters. The Morgan fingerprint density at radius 1 is 1.17 bits per heavy atom. The molecular formula is C20H24N6O3. The summed E-state index contributed by atoms with van der Waals surface area (Å²) < 4.78 is 8.52. The largest absolute Gasteiger partial charge is 0.471 e. The van der Waals surface area contributed by atoms with Crippen LogP contribution in [0.25, 0.3) is 0 Å². The van der Waals surface area contributed by atoms with Crippen molar-refractivity contribution < 1.29 is 14.3 Å². The summed E-state index contributed by atoms with van der Waals surface area (Å²) >= 11 is 0. The van der Waals surface area contributed by atoms with Crippen molar-refractivity contribution in [2.24, 2.45) is 12.8 Å². The molecule has 2 aromatic heterocycles. The Kier molecular flexibility index (Phi) is 5.40. The van der Waals surface area contributed by atoms with Gasteiger partial charge in [0.25, 0.3) is 11.8 Å². The van der Waals surface area contributed by atoms with Crippen LogP contribution < -0.4 is 15.8 Å². The van der Waals surface area contributed by atoms with E-state index in [0.717, 1.165) is 0 Å². The molecule has 3 rings (SSSR count). The van der Waals surface area contributed by atoms with Gasteiger partial charge in [0, 0.05) is 13.2 Å². The highest BCUT2D eigenvalue weighted by atomic mass is 16.5. The van der Waals surface area contributed by atoms with Crippen LogP contribution in [0.3, 0.4) is 0 Å². The van der Waals surface area contributed by atoms with Gasteiger partial charge >= 0.3 is 0 Å². The Balaban J connectivity index is 1.62. The van der Waals surface area contributed by atoms with E-state index in [1.165, 1.54) is 21.1 Å². The molecule has 0 radical (unpaired) electrons. The van der Waals surface area contributed by atoms with Crippen molar-refractivity contribution in [1.82, 2.24) is 19.6 Å². The van der Waals surface area contributed by atoms with Crippen molar-refractivity contribution in [3.05, 3.63) is 59.7 Å². The van der Waals surface area contributed by atoms with Crippen LogP contribution in [0.4, 0.5) is 5.69 Å². The maximum absolute atomic E-state index is 12.4. The second-order valence-electron chi connectivity index (χ2n) is 7.64. The number of primary amides is 1. The fourth-order valence-corrected chi connectivity index (χ4v) is 2.75. The number of nitrogens with zero attached hydrogens (tertiary/aromatic N) is 4. The van der Waals surface area contributed by atoms with Gasteiger partial charge in [-0.25, -0.2) is 4.68 Å². The maximum Gasteiger partial charge on any atom is 0.276 e. The van der Waals surface area contributed by atoms with E-state index >= 15 is 0 Å². The van der Waals surface area contributed by atoms with Crippen LogP contribution in [0.2, 0.25) is 0 Å². The molecule has 0 bridgehead atoms. The molecule has 3 aromatic rings. The van der Waals surface area contributed by atoms with Crippen molar-refractivity contribution in [3.8, 4) is 5.75 Å². The summed E-state index contributed by atoms with van der Waals surface area (Å²) in [5.74, 6) is -0.452. The predicted octanol–water partition coefficient (Wildman–Crippen LogP) is 2.30. The third kappa shape index (κ3) is 4.63. The minimum atomic E-state index is -0.684. The highest BCUT2D eigenvalue weighted by molar-refractivity contribution is 6.07. The van der Waals surface area contributed by atoms with E-state index in [9.17, 15) is 9.59 Å². The molecule has 0 saturated heterocycles. The fourth-order valence-electron chi connectivity index (χ4n) is 2.75. The number of nitrogens with one attached hydrogen (secondary N) is 1. The van der Waals surface area contributed by atoms with Gasteiger partial charge in [-0.1, -0.05) is 32.9 Å². The first kappa shape index (κ1) is 20.1. The average molecular weight is 396 g/mol. The molecule has 152 valence electrons. The smallest absolute Gasteiger partial charge is 0.276 e. The van der Waals surface area contributed by atoms with Gasteiger partial charge in [-0.3, -0.25) is 14.3 Å². The second-order valence-corrected chi connectivity index (χ2v) is 7.64. The number of carbonyl (C=O) groups is 2. The van der Waals surface area contributed by atoms with Crippen LogP contribution in [0, 0.1) is 0 Å². The molecule has 1 aromatic carbocycles. The van der Waals surface area contributed by atoms with Gasteiger partial charge in [0.15, 0.2) is 12.4 Å². The normalized spacial score (nSPS) is 11.3. The van der Waals surface area contributed by atoms with Crippen LogP contribution in [-0.2, 0) is 19.2 Å². The Hall–Kier alpha value is -3.62. The molecule has 0 spiro atoms. The van der Waals surface area contributed by atoms with E-state index in [2.05, 4.69) is 36.3 Å². The number of aromatic nitrogens is 4. The average Bonchev–Trinajstić information content (AvgIpc) is 3.26. The van der Waals surface area contributed by atoms with E-state index in [1.54, 1.807) is 19.3 Å². The molecule has 0 fully saturated rings. The monoisotopic (exact) mass is 396 g/mol. The number of amides is 2. The maximum atomic E-state index is 12.4. The molecule has 2 amide bonds. The summed E-state index contributed by atoms with van der Waals surface area (Å²) in [6.07, 6.45) is 3.00. The SMILES string of the molecule is Cn1ncc(NC(=O)c2ccn(COc3ccc(C(C)(C)C)cc3)n2)c1C(N)=O. The van der Waals surface area contributed by atoms with Crippen molar-refractivity contribution in [1.29, 1.82) is 0 Å². The zero-order valence-corrected chi connectivity index (χ0v) is 16.8. The minimum Gasteiger partial charge on any atom is -0.471 e. The van der Waals surface area contributed by atoms with Crippen molar-refractivity contribution in [2.75, 3.05) is 5.32 Å². The van der Waals surface area contributed by atoms with E-state index in [1.807, 2.05) is 24.3 Å². The summed E-state index contributed by atoms with van der Waals surface area (Å²) in [6.45, 7) is 6.60. The lowest BCUT2D eigenvalue weighted by molar-refractivity contribution is 0.0992. The molecule has 3 N–H and O–H groups in total. The zero-order chi connectivity index (χ0) is 21.2. The van der Waals surface area contributed by atoms with E-state index in [0.29, 0.717) is 5.75 Å². The molecule has 9 heteroatoms. The lowest BCUT2D eigenvalue weighted by Gasteiger charge is -2.19. The third-order valence-electron chi connectivity index (χ3n) is 4.38. The Morgan fingerprint density at radius 2 is 1.86 bits per heavy atom. The highest BCUT2D eigenvalue weighted by Gasteiger charge is 2.18. The lowest BCUT2D eigenvalue weighted by Crippen LogP contribution is -2.20. The van der Waals surface area contributed by atoms with E-state index < -0.39 is 11.8 Å². The molecule has 0 aliphatic heterocycles. The van der Waals surface area contributed by atoms with Gasteiger partial charge in [0.2, 0.25) is 0 Å². The topological polar surface area (TPSA) is 117 Å². The Labute approximate surface area is 168 Å². The molecule has 9 nitrogen and oxygen atoms in total. The quantitative estimate of drug-likeness (QED) is 0.663. The van der Waals surface area contributed by atoms with Crippen LogP contribution in [0.5, 0.6) is 5.75 Å². The highest BCUT2D eigenvalue weighted by Crippen LogP contribution is 2.24. The summed E-state index contributed by atoms with van der Waals surface area (Å²) in [4.78, 5) is 23.9. The van der Waals surface area contributed by atoms with Crippen LogP contribution >= 0.6 is 0 Å². The van der Waals surface area contributed by atoms with Gasteiger partial charge in [0.1, 0.15) is 11.4 Å². The molecule has 0 aliphatic carbocycles. The molecule has 0 saturated carbocycles. The number of hydrogen-bond acceptors (Lipinski definition) is 5. The Bertz CT molecular complexity index is 1030. The molecular weight excluding hydrogens is 372 g/mol. The van der Waals surface area contributed by atoms with Gasteiger partial charge in [-0.2, -0.15) is 10.2 Å². The second kappa shape index (κ2) is 7.78. The van der Waals surface area contributed by atoms with Gasteiger partial charge < -0.3 is 15.8 Å². The first-order valence-corrected chi connectivity index (χ1v) is 9.05. The number of anilines is 1. The third-order valence-corrected chi connectivity index (χ3v) is 4.38. The molecule has 0 unspecified atom stereocenters. The number of nitrogens with two attached hydrogens (primary N) is 1. The number of aryl methyl sites for hydroxylation is 1. The van der Waals surface area contributed by atoms with Crippen molar-refractivity contribution >= 4 is 17.5 Å². The summed E-state index contributed by atoms with van der Waals surface area (Å²) in [6, 6.07) is 9.43. The van der Waals surface area contributed by atoms with Crippen molar-refractivity contribution in [2.45, 2.75) is 32.9 Å². The minimum absolute atomic E-state index is 0.0748. The fraction of sp³-hybridized carbons (Fsp3) is 0.300. The molecule has 2 heterocycles. The van der Waals surface area contributed by atoms with Gasteiger partial charge in [-0.05, 0) is 29.2 Å². The van der Waals surface area contributed by atoms with Crippen molar-refractivity contribution in [3.63, 3.8) is 0 Å². The molecule has 0 aliphatic rings. The summed E-state index contributed by atoms with van der Waals surface area (Å²) in [5.41, 5.74) is 7.13. The lowest BCUT2D eigenvalue weighted by atomic mass is 9.87. The van der Waals surface area contributed by atoms with Crippen LogP contribution in [0.15, 0.2) is 42.7 Å². The summed E-state index contributed by atoms with van der Waals surface area (Å²) in [5, 5.41) is 10.7. The predicted molar refractivity (Wildman–Crippen MR) is 108 cm³/mol. The number of benzene rings is 1. The Morgan fingerprint density at radius 3 is 2.48 bits per heavy atom. The molecule has 29 heavy (non-hydrogen) atoms. The summed E-state index contributed by atoms with van der Waals surface area (Å²) in [7, 11) is 1.57. The van der Waals surface area contributed by atoms with Gasteiger partial charge in [-0.15, -0.1) is 0 Å². The number of ether oxygens (including phenoxy) is 1. The zero-order valence-electron chi connectivity index (χ0n) is 16.8. The number of rotatable bonds is 6. The van der Waals surface area contributed by atoms with Crippen LogP contribution in [0.1, 0.15) is 47.3 Å². The first-order valence-electron chi connectivity index (χ1n) is 9.05. The number of hydrogen-bond donors (Lipinski definition) is 2. The standard InChI is InChI=1S/C20H24N6O3/c1-20(2,3)13-5-7-14(8-6-13)29-12-26-10-9-15(24-26)19(28)23-16-11-22-25(4)17(16)18(21)27/h5-11H,12H2,1-4H3,(H2,21,27)(H,23,28). The van der Waals surface area contributed by atoms with E-state index in [-0.39, 0.29) is 29.2 Å². The van der Waals surface area contributed by atoms with Gasteiger partial charge in [0.05, 0.1) is 11.9 Å². The van der Waals surface area contributed by atoms with Crippen LogP contribution in [-0.4, -0.2) is 31.4 Å². The van der Waals surface area contributed by atoms with E-state index in [4.69, 9.17) is 10.5 Å².